The van der Waals surface area contributed by atoms with Gasteiger partial charge in [0.15, 0.2) is 0 Å². The molecule has 0 amide bonds. The molecule has 0 heterocycles. The molecule has 0 aromatic heterocycles. The zero-order valence-corrected chi connectivity index (χ0v) is 11.4. The monoisotopic (exact) mass is 230 g/mol. The fourth-order valence-electron chi connectivity index (χ4n) is 3.05. The van der Waals surface area contributed by atoms with Crippen molar-refractivity contribution in [2.75, 3.05) is 0 Å². The fraction of sp³-hybridized carbons (Fsp3) is 0.647. The second kappa shape index (κ2) is 6.23. The highest BCUT2D eigenvalue weighted by Crippen LogP contribution is 2.32. The summed E-state index contributed by atoms with van der Waals surface area (Å²) in [5.74, 6) is 2.03. The predicted octanol–water partition coefficient (Wildman–Crippen LogP) is 5.14. The van der Waals surface area contributed by atoms with Crippen LogP contribution in [0.4, 0.5) is 0 Å². The van der Waals surface area contributed by atoms with E-state index in [2.05, 4.69) is 38.1 Å². The van der Waals surface area contributed by atoms with Gasteiger partial charge < -0.3 is 0 Å². The highest BCUT2D eigenvalue weighted by molar-refractivity contribution is 5.21. The van der Waals surface area contributed by atoms with Crippen molar-refractivity contribution in [3.05, 3.63) is 35.4 Å². The van der Waals surface area contributed by atoms with Gasteiger partial charge in [0.05, 0.1) is 0 Å². The van der Waals surface area contributed by atoms with Crippen molar-refractivity contribution >= 4 is 0 Å². The molecule has 1 saturated carbocycles. The molecule has 1 aromatic carbocycles. The summed E-state index contributed by atoms with van der Waals surface area (Å²) in [5, 5.41) is 0. The van der Waals surface area contributed by atoms with E-state index in [4.69, 9.17) is 0 Å². The minimum atomic E-state index is 0.999. The Labute approximate surface area is 106 Å². The standard InChI is InChI=1S/C17H26/c1-3-15-8-10-17(11-9-15)13-12-16-6-4-14(2)5-7-16/h4-7,15,17H,3,8-13H2,1-2H3. The molecular formula is C17H26. The van der Waals surface area contributed by atoms with E-state index < -0.39 is 0 Å². The van der Waals surface area contributed by atoms with Gasteiger partial charge in [-0.1, -0.05) is 68.9 Å². The van der Waals surface area contributed by atoms with Crippen LogP contribution in [0.1, 0.15) is 56.6 Å². The molecule has 1 fully saturated rings. The molecule has 17 heavy (non-hydrogen) atoms. The lowest BCUT2D eigenvalue weighted by Gasteiger charge is -2.27. The van der Waals surface area contributed by atoms with Gasteiger partial charge in [0.1, 0.15) is 0 Å². The summed E-state index contributed by atoms with van der Waals surface area (Å²) in [4.78, 5) is 0. The van der Waals surface area contributed by atoms with Crippen LogP contribution < -0.4 is 0 Å². The number of rotatable bonds is 4. The number of benzene rings is 1. The molecule has 0 aliphatic heterocycles. The quantitative estimate of drug-likeness (QED) is 0.671. The van der Waals surface area contributed by atoms with Crippen molar-refractivity contribution in [1.29, 1.82) is 0 Å². The van der Waals surface area contributed by atoms with E-state index in [1.54, 1.807) is 0 Å². The van der Waals surface area contributed by atoms with Gasteiger partial charge >= 0.3 is 0 Å². The summed E-state index contributed by atoms with van der Waals surface area (Å²) >= 11 is 0. The van der Waals surface area contributed by atoms with E-state index in [1.807, 2.05) is 0 Å². The SMILES string of the molecule is CCC1CCC(CCc2ccc(C)cc2)CC1. The Bertz CT molecular complexity index is 314. The molecule has 0 nitrogen and oxygen atoms in total. The molecule has 0 bridgehead atoms. The average molecular weight is 230 g/mol. The summed E-state index contributed by atoms with van der Waals surface area (Å²) in [6.45, 7) is 4.51. The van der Waals surface area contributed by atoms with Gasteiger partial charge in [-0.15, -0.1) is 0 Å². The van der Waals surface area contributed by atoms with E-state index in [1.165, 1.54) is 56.1 Å². The van der Waals surface area contributed by atoms with E-state index in [9.17, 15) is 0 Å². The third-order valence-electron chi connectivity index (χ3n) is 4.51. The minimum Gasteiger partial charge on any atom is -0.0651 e. The van der Waals surface area contributed by atoms with Crippen molar-refractivity contribution < 1.29 is 0 Å². The van der Waals surface area contributed by atoms with Crippen LogP contribution in [0.5, 0.6) is 0 Å². The van der Waals surface area contributed by atoms with Crippen molar-refractivity contribution in [3.8, 4) is 0 Å². The van der Waals surface area contributed by atoms with Crippen LogP contribution in [0.15, 0.2) is 24.3 Å². The summed E-state index contributed by atoms with van der Waals surface area (Å²) in [6.07, 6.45) is 9.99. The summed E-state index contributed by atoms with van der Waals surface area (Å²) in [6, 6.07) is 9.08. The first-order chi connectivity index (χ1) is 8.28. The topological polar surface area (TPSA) is 0 Å². The summed E-state index contributed by atoms with van der Waals surface area (Å²) in [5.41, 5.74) is 2.89. The molecule has 2 rings (SSSR count). The average Bonchev–Trinajstić information content (AvgIpc) is 2.39. The highest BCUT2D eigenvalue weighted by atomic mass is 14.2. The van der Waals surface area contributed by atoms with E-state index in [-0.39, 0.29) is 0 Å². The number of hydrogen-bond acceptors (Lipinski definition) is 0. The molecule has 0 unspecified atom stereocenters. The summed E-state index contributed by atoms with van der Waals surface area (Å²) < 4.78 is 0. The first-order valence-electron chi connectivity index (χ1n) is 7.33. The minimum absolute atomic E-state index is 0.999. The van der Waals surface area contributed by atoms with Gasteiger partial charge in [0, 0.05) is 0 Å². The molecule has 94 valence electrons. The molecular weight excluding hydrogens is 204 g/mol. The van der Waals surface area contributed by atoms with Crippen LogP contribution in [0, 0.1) is 18.8 Å². The van der Waals surface area contributed by atoms with Crippen LogP contribution in [0.25, 0.3) is 0 Å². The Morgan fingerprint density at radius 1 is 0.941 bits per heavy atom. The van der Waals surface area contributed by atoms with Crippen molar-refractivity contribution in [3.63, 3.8) is 0 Å². The smallest absolute Gasteiger partial charge is 0.0276 e. The van der Waals surface area contributed by atoms with Gasteiger partial charge in [0.2, 0.25) is 0 Å². The van der Waals surface area contributed by atoms with Crippen LogP contribution in [-0.2, 0) is 6.42 Å². The van der Waals surface area contributed by atoms with Gasteiger partial charge in [-0.2, -0.15) is 0 Å². The van der Waals surface area contributed by atoms with E-state index in [0.29, 0.717) is 0 Å². The molecule has 0 saturated heterocycles. The van der Waals surface area contributed by atoms with Crippen LogP contribution in [-0.4, -0.2) is 0 Å². The largest absolute Gasteiger partial charge is 0.0651 e. The normalized spacial score (nSPS) is 24.8. The van der Waals surface area contributed by atoms with E-state index in [0.717, 1.165) is 11.8 Å². The Morgan fingerprint density at radius 2 is 1.53 bits per heavy atom. The lowest BCUT2D eigenvalue weighted by molar-refractivity contribution is 0.259. The Kier molecular flexibility index (Phi) is 4.65. The Hall–Kier alpha value is -0.780. The molecule has 0 spiro atoms. The lowest BCUT2D eigenvalue weighted by atomic mass is 9.78. The molecule has 1 aliphatic rings. The Balaban J connectivity index is 1.74. The van der Waals surface area contributed by atoms with Crippen LogP contribution in [0.2, 0.25) is 0 Å². The van der Waals surface area contributed by atoms with Gasteiger partial charge in [-0.25, -0.2) is 0 Å². The zero-order valence-electron chi connectivity index (χ0n) is 11.4. The van der Waals surface area contributed by atoms with Gasteiger partial charge in [-0.05, 0) is 37.2 Å². The van der Waals surface area contributed by atoms with Crippen molar-refractivity contribution in [1.82, 2.24) is 0 Å². The number of aryl methyl sites for hydroxylation is 2. The molecule has 0 atom stereocenters. The third kappa shape index (κ3) is 3.87. The first-order valence-corrected chi connectivity index (χ1v) is 7.33. The molecule has 1 aliphatic carbocycles. The maximum atomic E-state index is 2.34. The first kappa shape index (κ1) is 12.7. The zero-order chi connectivity index (χ0) is 12.1. The fourth-order valence-corrected chi connectivity index (χ4v) is 3.05. The molecule has 0 radical (unpaired) electrons. The maximum absolute atomic E-state index is 2.34. The predicted molar refractivity (Wildman–Crippen MR) is 75.2 cm³/mol. The highest BCUT2D eigenvalue weighted by Gasteiger charge is 2.19. The lowest BCUT2D eigenvalue weighted by Crippen LogP contribution is -2.14. The van der Waals surface area contributed by atoms with Crippen molar-refractivity contribution in [2.24, 2.45) is 11.8 Å². The maximum Gasteiger partial charge on any atom is -0.0276 e. The Morgan fingerprint density at radius 3 is 2.12 bits per heavy atom. The number of hydrogen-bond donors (Lipinski definition) is 0. The third-order valence-corrected chi connectivity index (χ3v) is 4.51. The molecule has 1 aromatic rings. The van der Waals surface area contributed by atoms with Gasteiger partial charge in [0.25, 0.3) is 0 Å². The van der Waals surface area contributed by atoms with Crippen LogP contribution >= 0.6 is 0 Å². The molecule has 0 N–H and O–H groups in total. The molecule has 0 heteroatoms. The van der Waals surface area contributed by atoms with E-state index >= 15 is 0 Å². The van der Waals surface area contributed by atoms with Crippen LogP contribution in [0.3, 0.4) is 0 Å². The second-order valence-electron chi connectivity index (χ2n) is 5.82. The van der Waals surface area contributed by atoms with Crippen molar-refractivity contribution in [2.45, 2.75) is 58.8 Å². The summed E-state index contributed by atoms with van der Waals surface area (Å²) in [7, 11) is 0. The second-order valence-corrected chi connectivity index (χ2v) is 5.82. The van der Waals surface area contributed by atoms with Gasteiger partial charge in [-0.3, -0.25) is 0 Å².